The fourth-order valence-corrected chi connectivity index (χ4v) is 3.45. The van der Waals surface area contributed by atoms with Crippen molar-refractivity contribution in [3.63, 3.8) is 0 Å². The van der Waals surface area contributed by atoms with E-state index in [1.807, 2.05) is 4.90 Å². The van der Waals surface area contributed by atoms with Gasteiger partial charge in [-0.25, -0.2) is 4.79 Å². The van der Waals surface area contributed by atoms with Crippen molar-refractivity contribution in [2.24, 2.45) is 5.41 Å². The molecule has 0 aromatic heterocycles. The Hall–Kier alpha value is -0.770. The van der Waals surface area contributed by atoms with E-state index in [-0.39, 0.29) is 28.2 Å². The number of hydrogen-bond donors (Lipinski definition) is 0. The Labute approximate surface area is 116 Å². The number of piperidine rings is 1. The second-order valence-corrected chi connectivity index (χ2v) is 7.60. The summed E-state index contributed by atoms with van der Waals surface area (Å²) in [5, 5.41) is 0. The van der Waals surface area contributed by atoms with Gasteiger partial charge in [-0.3, -0.25) is 0 Å². The van der Waals surface area contributed by atoms with E-state index >= 15 is 0 Å². The maximum Gasteiger partial charge on any atom is 0.410 e. The molecule has 0 aromatic rings. The molecule has 0 N–H and O–H groups in total. The van der Waals surface area contributed by atoms with E-state index in [4.69, 9.17) is 9.47 Å². The quantitative estimate of drug-likeness (QED) is 0.678. The Bertz CT molecular complexity index is 400. The van der Waals surface area contributed by atoms with Gasteiger partial charge in [0, 0.05) is 11.0 Å². The third kappa shape index (κ3) is 1.79. The van der Waals surface area contributed by atoms with Gasteiger partial charge in [-0.15, -0.1) is 0 Å². The van der Waals surface area contributed by atoms with Gasteiger partial charge < -0.3 is 14.4 Å². The minimum atomic E-state index is -0.256. The standard InChI is InChI=1S/C15H27NO3/c1-12(2)8-9-15(10-16(12)11(17)18-7)13(3,4)14(5,6)19-15/h8-10H2,1-7H3/t15-/m1/s1. The molecule has 1 spiro atoms. The second-order valence-electron chi connectivity index (χ2n) is 7.60. The van der Waals surface area contributed by atoms with E-state index < -0.39 is 0 Å². The predicted octanol–water partition coefficient (Wildman–Crippen LogP) is 3.20. The molecule has 0 aliphatic carbocycles. The van der Waals surface area contributed by atoms with E-state index in [9.17, 15) is 4.79 Å². The van der Waals surface area contributed by atoms with Gasteiger partial charge in [-0.05, 0) is 40.5 Å². The van der Waals surface area contributed by atoms with Crippen molar-refractivity contribution in [3.05, 3.63) is 0 Å². The number of rotatable bonds is 0. The van der Waals surface area contributed by atoms with Crippen molar-refractivity contribution in [1.29, 1.82) is 0 Å². The van der Waals surface area contributed by atoms with Crippen molar-refractivity contribution < 1.29 is 14.3 Å². The highest BCUT2D eigenvalue weighted by Crippen LogP contribution is 2.61. The van der Waals surface area contributed by atoms with Crippen LogP contribution in [0, 0.1) is 5.41 Å². The Morgan fingerprint density at radius 3 is 2.11 bits per heavy atom. The molecule has 19 heavy (non-hydrogen) atoms. The molecule has 0 saturated carbocycles. The van der Waals surface area contributed by atoms with Gasteiger partial charge in [0.25, 0.3) is 0 Å². The van der Waals surface area contributed by atoms with Crippen molar-refractivity contribution in [2.75, 3.05) is 13.7 Å². The monoisotopic (exact) mass is 269 g/mol. The summed E-state index contributed by atoms with van der Waals surface area (Å²) in [4.78, 5) is 13.9. The lowest BCUT2D eigenvalue weighted by Gasteiger charge is -2.70. The number of ether oxygens (including phenoxy) is 2. The lowest BCUT2D eigenvalue weighted by molar-refractivity contribution is -0.370. The molecule has 1 amide bonds. The zero-order valence-corrected chi connectivity index (χ0v) is 13.3. The van der Waals surface area contributed by atoms with Crippen LogP contribution in [-0.4, -0.2) is 41.4 Å². The summed E-state index contributed by atoms with van der Waals surface area (Å²) in [7, 11) is 1.44. The molecule has 2 rings (SSSR count). The first-order chi connectivity index (χ1) is 8.49. The van der Waals surface area contributed by atoms with E-state index in [1.165, 1.54) is 7.11 Å². The largest absolute Gasteiger partial charge is 0.453 e. The van der Waals surface area contributed by atoms with Crippen LogP contribution in [0.5, 0.6) is 0 Å². The minimum absolute atomic E-state index is 0.0444. The SMILES string of the molecule is COC(=O)N1C[C@@]2(CCC1(C)C)OC(C)(C)C2(C)C. The summed E-state index contributed by atoms with van der Waals surface area (Å²) in [6.45, 7) is 13.5. The topological polar surface area (TPSA) is 38.8 Å². The van der Waals surface area contributed by atoms with Crippen LogP contribution < -0.4 is 0 Å². The summed E-state index contributed by atoms with van der Waals surface area (Å²) in [6, 6.07) is 0. The van der Waals surface area contributed by atoms with Crippen LogP contribution in [0.15, 0.2) is 0 Å². The normalized spacial score (nSPS) is 34.8. The zero-order valence-electron chi connectivity index (χ0n) is 13.3. The molecule has 4 nitrogen and oxygen atoms in total. The maximum absolute atomic E-state index is 12.0. The van der Waals surface area contributed by atoms with E-state index in [2.05, 4.69) is 41.5 Å². The first-order valence-corrected chi connectivity index (χ1v) is 7.05. The summed E-state index contributed by atoms with van der Waals surface area (Å²) in [5.41, 5.74) is -0.503. The first-order valence-electron chi connectivity index (χ1n) is 7.05. The lowest BCUT2D eigenvalue weighted by atomic mass is 9.55. The maximum atomic E-state index is 12.0. The van der Waals surface area contributed by atoms with Gasteiger partial charge in [0.2, 0.25) is 0 Å². The molecule has 1 atom stereocenters. The fraction of sp³-hybridized carbons (Fsp3) is 0.933. The Kier molecular flexibility index (Phi) is 2.98. The van der Waals surface area contributed by atoms with Crippen molar-refractivity contribution in [1.82, 2.24) is 4.90 Å². The van der Waals surface area contributed by atoms with Gasteiger partial charge in [0.15, 0.2) is 0 Å². The average Bonchev–Trinajstić information content (AvgIpc) is 2.30. The number of carbonyl (C=O) groups excluding carboxylic acids is 1. The highest BCUT2D eigenvalue weighted by molar-refractivity contribution is 5.69. The lowest BCUT2D eigenvalue weighted by Crippen LogP contribution is -2.78. The van der Waals surface area contributed by atoms with Crippen LogP contribution in [0.4, 0.5) is 4.79 Å². The van der Waals surface area contributed by atoms with Crippen LogP contribution in [0.2, 0.25) is 0 Å². The van der Waals surface area contributed by atoms with Crippen molar-refractivity contribution in [2.45, 2.75) is 71.1 Å². The van der Waals surface area contributed by atoms with Gasteiger partial charge in [0.05, 0.1) is 24.9 Å². The fourth-order valence-electron chi connectivity index (χ4n) is 3.45. The van der Waals surface area contributed by atoms with Gasteiger partial charge in [0.1, 0.15) is 0 Å². The minimum Gasteiger partial charge on any atom is -0.453 e. The van der Waals surface area contributed by atoms with Gasteiger partial charge in [-0.1, -0.05) is 13.8 Å². The molecule has 2 aliphatic rings. The van der Waals surface area contributed by atoms with Gasteiger partial charge >= 0.3 is 6.09 Å². The molecule has 0 radical (unpaired) electrons. The summed E-state index contributed by atoms with van der Waals surface area (Å²) in [5.74, 6) is 0. The zero-order chi connectivity index (χ0) is 14.7. The van der Waals surface area contributed by atoms with Crippen LogP contribution in [0.3, 0.4) is 0 Å². The van der Waals surface area contributed by atoms with Crippen LogP contribution in [-0.2, 0) is 9.47 Å². The molecule has 2 fully saturated rings. The summed E-state index contributed by atoms with van der Waals surface area (Å²) < 4.78 is 11.2. The number of likely N-dealkylation sites (tertiary alicyclic amines) is 1. The van der Waals surface area contributed by atoms with Crippen LogP contribution in [0.25, 0.3) is 0 Å². The first kappa shape index (κ1) is 14.6. The smallest absolute Gasteiger partial charge is 0.410 e. The number of amides is 1. The number of nitrogens with zero attached hydrogens (tertiary/aromatic N) is 1. The van der Waals surface area contributed by atoms with Crippen LogP contribution in [0.1, 0.15) is 54.4 Å². The van der Waals surface area contributed by atoms with Crippen LogP contribution >= 0.6 is 0 Å². The highest BCUT2D eigenvalue weighted by atomic mass is 16.6. The summed E-state index contributed by atoms with van der Waals surface area (Å²) in [6.07, 6.45) is 1.67. The van der Waals surface area contributed by atoms with Crippen molar-refractivity contribution >= 4 is 6.09 Å². The Morgan fingerprint density at radius 1 is 1.11 bits per heavy atom. The number of carbonyl (C=O) groups is 1. The van der Waals surface area contributed by atoms with Gasteiger partial charge in [-0.2, -0.15) is 0 Å². The third-order valence-corrected chi connectivity index (χ3v) is 5.77. The predicted molar refractivity (Wildman–Crippen MR) is 74.1 cm³/mol. The molecule has 2 heterocycles. The third-order valence-electron chi connectivity index (χ3n) is 5.77. The van der Waals surface area contributed by atoms with E-state index in [0.717, 1.165) is 12.8 Å². The Morgan fingerprint density at radius 2 is 1.68 bits per heavy atom. The molecular weight excluding hydrogens is 242 g/mol. The summed E-state index contributed by atoms with van der Waals surface area (Å²) >= 11 is 0. The molecular formula is C15H27NO3. The molecule has 2 aliphatic heterocycles. The number of hydrogen-bond acceptors (Lipinski definition) is 3. The average molecular weight is 269 g/mol. The van der Waals surface area contributed by atoms with Crippen molar-refractivity contribution in [3.8, 4) is 0 Å². The highest BCUT2D eigenvalue weighted by Gasteiger charge is 2.68. The molecule has 2 saturated heterocycles. The molecule has 4 heteroatoms. The molecule has 0 aromatic carbocycles. The molecule has 0 unspecified atom stereocenters. The van der Waals surface area contributed by atoms with E-state index in [0.29, 0.717) is 6.54 Å². The van der Waals surface area contributed by atoms with E-state index in [1.54, 1.807) is 0 Å². The second kappa shape index (κ2) is 3.87. The molecule has 110 valence electrons. The Balaban J connectivity index is 2.27. The molecule has 0 bridgehead atoms. The number of methoxy groups -OCH3 is 1.